The van der Waals surface area contributed by atoms with E-state index in [-0.39, 0.29) is 17.2 Å². The van der Waals surface area contributed by atoms with Gasteiger partial charge in [-0.2, -0.15) is 0 Å². The summed E-state index contributed by atoms with van der Waals surface area (Å²) in [5.74, 6) is 0.966. The lowest BCUT2D eigenvalue weighted by atomic mass is 10.2. The van der Waals surface area contributed by atoms with Gasteiger partial charge in [0.15, 0.2) is 0 Å². The molecule has 4 rings (SSSR count). The molecule has 0 aliphatic carbocycles. The summed E-state index contributed by atoms with van der Waals surface area (Å²) in [6, 6.07) is 13.9. The van der Waals surface area contributed by atoms with E-state index in [1.54, 1.807) is 58.9 Å². The third-order valence-corrected chi connectivity index (χ3v) is 7.29. The van der Waals surface area contributed by atoms with Gasteiger partial charge in [-0.3, -0.25) is 9.69 Å². The van der Waals surface area contributed by atoms with E-state index in [0.717, 1.165) is 11.3 Å². The molecule has 7 nitrogen and oxygen atoms in total. The van der Waals surface area contributed by atoms with Crippen molar-refractivity contribution in [3.8, 4) is 11.5 Å². The van der Waals surface area contributed by atoms with Crippen LogP contribution in [0.1, 0.15) is 5.56 Å². The highest BCUT2D eigenvalue weighted by atomic mass is 33.1. The van der Waals surface area contributed by atoms with Gasteiger partial charge in [0.25, 0.3) is 5.91 Å². The standard InChI is InChI=1S/C21H21N3O4S2/c1-27-14-8-9-15(17(10-14)28-2)24-16-12-29-30-19(16)18(20(24)25)23-21(26)22-11-13-6-4-3-5-7-13/h3-10,12,18-19H,11H2,1-2H3,(H2,22,23,26). The van der Waals surface area contributed by atoms with Gasteiger partial charge in [-0.25, -0.2) is 4.79 Å². The van der Waals surface area contributed by atoms with Crippen molar-refractivity contribution < 1.29 is 19.1 Å². The zero-order valence-electron chi connectivity index (χ0n) is 16.5. The van der Waals surface area contributed by atoms with Crippen LogP contribution in [0.5, 0.6) is 11.5 Å². The molecule has 2 aliphatic heterocycles. The number of urea groups is 1. The number of amides is 3. The molecule has 2 aliphatic rings. The zero-order valence-corrected chi connectivity index (χ0v) is 18.1. The van der Waals surface area contributed by atoms with Gasteiger partial charge in [0.1, 0.15) is 17.5 Å². The third kappa shape index (κ3) is 3.95. The van der Waals surface area contributed by atoms with Gasteiger partial charge >= 0.3 is 6.03 Å². The summed E-state index contributed by atoms with van der Waals surface area (Å²) in [6.45, 7) is 0.388. The van der Waals surface area contributed by atoms with Gasteiger partial charge in [0.2, 0.25) is 0 Å². The Bertz CT molecular complexity index is 983. The molecule has 30 heavy (non-hydrogen) atoms. The molecule has 156 valence electrons. The summed E-state index contributed by atoms with van der Waals surface area (Å²) in [4.78, 5) is 27.4. The zero-order chi connectivity index (χ0) is 21.1. The Morgan fingerprint density at radius 3 is 2.67 bits per heavy atom. The molecule has 0 spiro atoms. The van der Waals surface area contributed by atoms with Crippen LogP contribution in [0, 0.1) is 0 Å². The molecule has 2 heterocycles. The van der Waals surface area contributed by atoms with Crippen LogP contribution in [0.3, 0.4) is 0 Å². The van der Waals surface area contributed by atoms with E-state index >= 15 is 0 Å². The van der Waals surface area contributed by atoms with E-state index in [4.69, 9.17) is 9.47 Å². The summed E-state index contributed by atoms with van der Waals surface area (Å²) in [5, 5.41) is 7.44. The molecule has 3 amide bonds. The molecule has 1 fully saturated rings. The fourth-order valence-corrected chi connectivity index (χ4v) is 6.02. The lowest BCUT2D eigenvalue weighted by Gasteiger charge is -2.21. The van der Waals surface area contributed by atoms with Crippen molar-refractivity contribution in [3.63, 3.8) is 0 Å². The van der Waals surface area contributed by atoms with Crippen LogP contribution < -0.4 is 25.0 Å². The molecular formula is C21H21N3O4S2. The Kier molecular flexibility index (Phi) is 6.10. The molecule has 2 N–H and O–H groups in total. The summed E-state index contributed by atoms with van der Waals surface area (Å²) in [5.41, 5.74) is 2.45. The molecule has 9 heteroatoms. The van der Waals surface area contributed by atoms with Crippen LogP contribution in [0.4, 0.5) is 10.5 Å². The Morgan fingerprint density at radius 2 is 1.93 bits per heavy atom. The summed E-state index contributed by atoms with van der Waals surface area (Å²) in [6.07, 6.45) is 0. The van der Waals surface area contributed by atoms with E-state index in [9.17, 15) is 9.59 Å². The number of rotatable bonds is 6. The van der Waals surface area contributed by atoms with Gasteiger partial charge < -0.3 is 20.1 Å². The Labute approximate surface area is 182 Å². The molecule has 0 aromatic heterocycles. The summed E-state index contributed by atoms with van der Waals surface area (Å²) in [7, 11) is 6.23. The first-order chi connectivity index (χ1) is 14.6. The van der Waals surface area contributed by atoms with Crippen molar-refractivity contribution in [2.24, 2.45) is 0 Å². The maximum absolute atomic E-state index is 13.3. The van der Waals surface area contributed by atoms with Gasteiger partial charge in [0, 0.05) is 23.7 Å². The smallest absolute Gasteiger partial charge is 0.315 e. The van der Waals surface area contributed by atoms with E-state index in [1.807, 2.05) is 35.7 Å². The van der Waals surface area contributed by atoms with Crippen molar-refractivity contribution in [1.82, 2.24) is 10.6 Å². The molecule has 0 saturated carbocycles. The maximum Gasteiger partial charge on any atom is 0.315 e. The summed E-state index contributed by atoms with van der Waals surface area (Å²) < 4.78 is 10.7. The van der Waals surface area contributed by atoms with Crippen molar-refractivity contribution in [2.75, 3.05) is 19.1 Å². The molecule has 1 saturated heterocycles. The Hall–Kier alpha value is -2.78. The third-order valence-electron chi connectivity index (χ3n) is 4.88. The molecule has 0 bridgehead atoms. The number of carbonyl (C=O) groups is 2. The van der Waals surface area contributed by atoms with Crippen LogP contribution in [0.25, 0.3) is 0 Å². The fourth-order valence-electron chi connectivity index (χ4n) is 3.39. The second-order valence-corrected chi connectivity index (χ2v) is 8.94. The largest absolute Gasteiger partial charge is 0.497 e. The number of carbonyl (C=O) groups excluding carboxylic acids is 2. The minimum Gasteiger partial charge on any atom is -0.497 e. The number of methoxy groups -OCH3 is 2. The van der Waals surface area contributed by atoms with E-state index in [1.165, 1.54) is 0 Å². The first-order valence-corrected chi connectivity index (χ1v) is 11.6. The number of hydrogen-bond donors (Lipinski definition) is 2. The van der Waals surface area contributed by atoms with Gasteiger partial charge in [-0.1, -0.05) is 51.9 Å². The molecular weight excluding hydrogens is 422 g/mol. The first-order valence-electron chi connectivity index (χ1n) is 9.29. The highest BCUT2D eigenvalue weighted by Crippen LogP contribution is 2.50. The summed E-state index contributed by atoms with van der Waals surface area (Å²) >= 11 is 0. The maximum atomic E-state index is 13.3. The number of anilines is 1. The van der Waals surface area contributed by atoms with Gasteiger partial charge in [0.05, 0.1) is 25.2 Å². The monoisotopic (exact) mass is 443 g/mol. The normalized spacial score (nSPS) is 19.9. The molecule has 2 atom stereocenters. The highest BCUT2D eigenvalue weighted by molar-refractivity contribution is 8.78. The van der Waals surface area contributed by atoms with Gasteiger partial charge in [-0.15, -0.1) is 0 Å². The number of ether oxygens (including phenoxy) is 2. The fraction of sp³-hybridized carbons (Fsp3) is 0.238. The number of hydrogen-bond acceptors (Lipinski definition) is 6. The highest BCUT2D eigenvalue weighted by Gasteiger charge is 2.49. The average Bonchev–Trinajstić information content (AvgIpc) is 3.34. The van der Waals surface area contributed by atoms with Crippen molar-refractivity contribution in [2.45, 2.75) is 17.8 Å². The van der Waals surface area contributed by atoms with Crippen molar-refractivity contribution in [1.29, 1.82) is 0 Å². The van der Waals surface area contributed by atoms with Crippen LogP contribution >= 0.6 is 21.6 Å². The molecule has 2 aromatic carbocycles. The van der Waals surface area contributed by atoms with Gasteiger partial charge in [-0.05, 0) is 17.7 Å². The number of fused-ring (bicyclic) bond motifs is 1. The second kappa shape index (κ2) is 8.93. The average molecular weight is 444 g/mol. The lowest BCUT2D eigenvalue weighted by Crippen LogP contribution is -2.48. The number of benzene rings is 2. The van der Waals surface area contributed by atoms with Crippen molar-refractivity contribution in [3.05, 3.63) is 65.2 Å². The minimum atomic E-state index is -0.668. The molecule has 0 radical (unpaired) electrons. The predicted molar refractivity (Wildman–Crippen MR) is 120 cm³/mol. The lowest BCUT2D eigenvalue weighted by molar-refractivity contribution is -0.118. The van der Waals surface area contributed by atoms with Crippen LogP contribution in [0.15, 0.2) is 59.6 Å². The van der Waals surface area contributed by atoms with Crippen LogP contribution in [-0.4, -0.2) is 37.4 Å². The SMILES string of the molecule is COc1ccc(N2C(=O)C(NC(=O)NCc3ccccc3)C3SSC=C32)c(OC)c1. The Morgan fingerprint density at radius 1 is 1.13 bits per heavy atom. The van der Waals surface area contributed by atoms with Crippen LogP contribution in [-0.2, 0) is 11.3 Å². The molecule has 2 unspecified atom stereocenters. The van der Waals surface area contributed by atoms with E-state index in [0.29, 0.717) is 23.7 Å². The van der Waals surface area contributed by atoms with Crippen LogP contribution in [0.2, 0.25) is 0 Å². The quantitative estimate of drug-likeness (QED) is 0.665. The van der Waals surface area contributed by atoms with Crippen molar-refractivity contribution >= 4 is 39.2 Å². The Balaban J connectivity index is 1.52. The number of nitrogens with zero attached hydrogens (tertiary/aromatic N) is 1. The number of nitrogens with one attached hydrogen (secondary N) is 2. The topological polar surface area (TPSA) is 79.9 Å². The second-order valence-electron chi connectivity index (χ2n) is 6.66. The van der Waals surface area contributed by atoms with E-state index < -0.39 is 6.04 Å². The minimum absolute atomic E-state index is 0.170. The first kappa shape index (κ1) is 20.5. The molecule has 2 aromatic rings. The van der Waals surface area contributed by atoms with E-state index in [2.05, 4.69) is 10.6 Å². The predicted octanol–water partition coefficient (Wildman–Crippen LogP) is 3.52.